The molecule has 0 heterocycles. The maximum atomic E-state index is 10.4. The Morgan fingerprint density at radius 1 is 0.750 bits per heavy atom. The molecule has 0 radical (unpaired) electrons. The number of phosphoric acid groups is 1. The van der Waals surface area contributed by atoms with Gasteiger partial charge < -0.3 is 15.5 Å². The van der Waals surface area contributed by atoms with Crippen LogP contribution in [0.3, 0.4) is 0 Å². The van der Waals surface area contributed by atoms with Gasteiger partial charge in [-0.2, -0.15) is 0 Å². The highest BCUT2D eigenvalue weighted by Crippen LogP contribution is 2.36. The molecule has 0 spiro atoms. The van der Waals surface area contributed by atoms with E-state index < -0.39 is 7.82 Å². The Balaban J connectivity index is 0. The molecule has 0 aromatic heterocycles. The summed E-state index contributed by atoms with van der Waals surface area (Å²) in [5.74, 6) is 0.271. The summed E-state index contributed by atoms with van der Waals surface area (Å²) < 4.78 is 14.8. The van der Waals surface area contributed by atoms with Gasteiger partial charge in [-0.3, -0.25) is 4.52 Å². The van der Waals surface area contributed by atoms with Gasteiger partial charge in [-0.25, -0.2) is 4.57 Å². The van der Waals surface area contributed by atoms with Crippen molar-refractivity contribution in [3.63, 3.8) is 0 Å². The van der Waals surface area contributed by atoms with Gasteiger partial charge >= 0.3 is 7.82 Å². The molecule has 5 nitrogen and oxygen atoms in total. The number of unbranched alkanes of at least 4 members (excludes halogenated alkanes) is 13. The van der Waals surface area contributed by atoms with Crippen LogP contribution in [0, 0.1) is 5.92 Å². The molecular weight excluding hydrogens is 421 g/mol. The second-order valence-corrected chi connectivity index (χ2v) is 10.2. The van der Waals surface area contributed by atoms with Crippen LogP contribution in [0.25, 0.3) is 0 Å². The fourth-order valence-electron chi connectivity index (χ4n) is 3.49. The van der Waals surface area contributed by atoms with E-state index in [2.05, 4.69) is 30.5 Å². The van der Waals surface area contributed by atoms with Crippen LogP contribution in [-0.2, 0) is 9.09 Å². The standard InChI is InChI=1S/C18H37N.C8H19O4P/c1-2-3-4-5-6-7-8-9-10-11-12-13-14-15-16-17-18-19;1-3-5-6-8(4-2)7-12-13(9,10)11/h9-10H,2-8,11-19H2,1H3;8H,3-7H2,1-2H3,(H2,9,10,11). The van der Waals surface area contributed by atoms with Gasteiger partial charge in [0, 0.05) is 0 Å². The van der Waals surface area contributed by atoms with Crippen molar-refractivity contribution in [2.24, 2.45) is 11.7 Å². The van der Waals surface area contributed by atoms with E-state index in [1.807, 2.05) is 6.92 Å². The number of rotatable bonds is 22. The smallest absolute Gasteiger partial charge is 0.330 e. The highest BCUT2D eigenvalue weighted by molar-refractivity contribution is 7.46. The van der Waals surface area contributed by atoms with Gasteiger partial charge in [0.25, 0.3) is 0 Å². The van der Waals surface area contributed by atoms with Gasteiger partial charge in [-0.15, -0.1) is 0 Å². The Labute approximate surface area is 200 Å². The topological polar surface area (TPSA) is 92.8 Å². The van der Waals surface area contributed by atoms with E-state index in [1.165, 1.54) is 89.9 Å². The molecular formula is C26H56NO4P. The van der Waals surface area contributed by atoms with Crippen LogP contribution in [0.5, 0.6) is 0 Å². The van der Waals surface area contributed by atoms with Gasteiger partial charge in [-0.05, 0) is 51.0 Å². The molecule has 0 saturated heterocycles. The van der Waals surface area contributed by atoms with Crippen molar-refractivity contribution in [1.82, 2.24) is 0 Å². The van der Waals surface area contributed by atoms with E-state index in [1.54, 1.807) is 0 Å². The lowest BCUT2D eigenvalue weighted by atomic mass is 10.0. The first kappa shape index (κ1) is 34.0. The zero-order valence-corrected chi connectivity index (χ0v) is 22.5. The summed E-state index contributed by atoms with van der Waals surface area (Å²) in [4.78, 5) is 17.0. The van der Waals surface area contributed by atoms with Crippen molar-refractivity contribution in [2.75, 3.05) is 13.2 Å². The molecule has 1 atom stereocenters. The van der Waals surface area contributed by atoms with Crippen molar-refractivity contribution in [2.45, 2.75) is 136 Å². The van der Waals surface area contributed by atoms with Crippen molar-refractivity contribution < 1.29 is 18.9 Å². The van der Waals surface area contributed by atoms with Gasteiger partial charge in [0.15, 0.2) is 0 Å². The third-order valence-electron chi connectivity index (χ3n) is 5.74. The zero-order valence-electron chi connectivity index (χ0n) is 21.6. The van der Waals surface area contributed by atoms with E-state index >= 15 is 0 Å². The highest BCUT2D eigenvalue weighted by Gasteiger charge is 2.16. The number of hydrogen-bond donors (Lipinski definition) is 3. The van der Waals surface area contributed by atoms with Gasteiger partial charge in [0.1, 0.15) is 0 Å². The lowest BCUT2D eigenvalue weighted by Gasteiger charge is -2.14. The van der Waals surface area contributed by atoms with Gasteiger partial charge in [0.05, 0.1) is 6.61 Å². The predicted octanol–water partition coefficient (Wildman–Crippen LogP) is 8.29. The molecule has 0 rings (SSSR count). The summed E-state index contributed by atoms with van der Waals surface area (Å²) in [7, 11) is -4.26. The number of phosphoric ester groups is 1. The molecule has 194 valence electrons. The molecule has 1 unspecified atom stereocenters. The third kappa shape index (κ3) is 32.0. The van der Waals surface area contributed by atoms with Crippen LogP contribution >= 0.6 is 7.82 Å². The Bertz CT molecular complexity index is 426. The van der Waals surface area contributed by atoms with E-state index in [-0.39, 0.29) is 12.5 Å². The minimum atomic E-state index is -4.26. The largest absolute Gasteiger partial charge is 0.469 e. The molecule has 6 heteroatoms. The molecule has 0 aromatic rings. The van der Waals surface area contributed by atoms with Crippen molar-refractivity contribution in [3.8, 4) is 0 Å². The number of nitrogens with two attached hydrogens (primary N) is 1. The van der Waals surface area contributed by atoms with Crippen LogP contribution in [0.15, 0.2) is 12.2 Å². The first-order valence-electron chi connectivity index (χ1n) is 13.5. The maximum Gasteiger partial charge on any atom is 0.469 e. The summed E-state index contributed by atoms with van der Waals surface area (Å²) in [5.41, 5.74) is 5.47. The quantitative estimate of drug-likeness (QED) is 0.0828. The SMILES string of the molecule is CCCCC(CC)COP(=O)(O)O.CCCCCCCCC=CCCCCCCCCN. The Morgan fingerprint density at radius 2 is 1.22 bits per heavy atom. The monoisotopic (exact) mass is 477 g/mol. The molecule has 0 aromatic carbocycles. The second-order valence-electron chi connectivity index (χ2n) is 8.93. The van der Waals surface area contributed by atoms with E-state index in [0.29, 0.717) is 0 Å². The van der Waals surface area contributed by atoms with E-state index in [4.69, 9.17) is 15.5 Å². The Hall–Kier alpha value is -0.190. The molecule has 4 N–H and O–H groups in total. The Kier molecular flexibility index (Phi) is 28.7. The molecule has 0 fully saturated rings. The summed E-state index contributed by atoms with van der Waals surface area (Å²) in [6.45, 7) is 7.41. The fourth-order valence-corrected chi connectivity index (χ4v) is 3.90. The minimum Gasteiger partial charge on any atom is -0.330 e. The predicted molar refractivity (Wildman–Crippen MR) is 140 cm³/mol. The van der Waals surface area contributed by atoms with Gasteiger partial charge in [0.2, 0.25) is 0 Å². The summed E-state index contributed by atoms with van der Waals surface area (Å²) in [6.07, 6.45) is 28.0. The lowest BCUT2D eigenvalue weighted by Crippen LogP contribution is -2.07. The van der Waals surface area contributed by atoms with Gasteiger partial charge in [-0.1, -0.05) is 110 Å². The normalized spacial score (nSPS) is 12.7. The molecule has 0 aliphatic carbocycles. The zero-order chi connectivity index (χ0) is 24.3. The third-order valence-corrected chi connectivity index (χ3v) is 6.22. The number of hydrogen-bond acceptors (Lipinski definition) is 3. The van der Waals surface area contributed by atoms with Crippen molar-refractivity contribution in [3.05, 3.63) is 12.2 Å². The first-order valence-corrected chi connectivity index (χ1v) is 15.0. The summed E-state index contributed by atoms with van der Waals surface area (Å²) >= 11 is 0. The second kappa shape index (κ2) is 27.1. The molecule has 0 saturated carbocycles. The van der Waals surface area contributed by atoms with Crippen LogP contribution in [-0.4, -0.2) is 22.9 Å². The summed E-state index contributed by atoms with van der Waals surface area (Å²) in [6, 6.07) is 0. The highest BCUT2D eigenvalue weighted by atomic mass is 31.2. The van der Waals surface area contributed by atoms with E-state index in [0.717, 1.165) is 32.2 Å². The minimum absolute atomic E-state index is 0.167. The van der Waals surface area contributed by atoms with Crippen LogP contribution in [0.4, 0.5) is 0 Å². The average molecular weight is 478 g/mol. The lowest BCUT2D eigenvalue weighted by molar-refractivity contribution is 0.161. The van der Waals surface area contributed by atoms with E-state index in [9.17, 15) is 4.57 Å². The molecule has 0 amide bonds. The van der Waals surface area contributed by atoms with Crippen molar-refractivity contribution >= 4 is 7.82 Å². The summed E-state index contributed by atoms with van der Waals surface area (Å²) in [5, 5.41) is 0. The molecule has 32 heavy (non-hydrogen) atoms. The number of allylic oxidation sites excluding steroid dienone is 2. The van der Waals surface area contributed by atoms with Crippen LogP contribution in [0.1, 0.15) is 136 Å². The van der Waals surface area contributed by atoms with Crippen molar-refractivity contribution in [1.29, 1.82) is 0 Å². The maximum absolute atomic E-state index is 10.4. The average Bonchev–Trinajstić information content (AvgIpc) is 2.76. The first-order chi connectivity index (χ1) is 15.4. The Morgan fingerprint density at radius 3 is 1.66 bits per heavy atom. The molecule has 0 aliphatic rings. The molecule has 0 aliphatic heterocycles. The van der Waals surface area contributed by atoms with Crippen LogP contribution in [0.2, 0.25) is 0 Å². The fraction of sp³-hybridized carbons (Fsp3) is 0.923. The van der Waals surface area contributed by atoms with Crippen LogP contribution < -0.4 is 5.73 Å². The molecule has 0 bridgehead atoms.